The van der Waals surface area contributed by atoms with Crippen LogP contribution in [-0.2, 0) is 17.9 Å². The van der Waals surface area contributed by atoms with Crippen molar-refractivity contribution < 1.29 is 53.0 Å². The van der Waals surface area contributed by atoms with Crippen LogP contribution in [0.2, 0.25) is 0 Å². The van der Waals surface area contributed by atoms with Crippen LogP contribution in [0.25, 0.3) is 33.0 Å². The highest BCUT2D eigenvalue weighted by Crippen LogP contribution is 2.40. The van der Waals surface area contributed by atoms with Crippen molar-refractivity contribution >= 4 is 10.8 Å². The van der Waals surface area contributed by atoms with Gasteiger partial charge < -0.3 is 4.74 Å². The Morgan fingerprint density at radius 1 is 0.579 bits per heavy atom. The van der Waals surface area contributed by atoms with Gasteiger partial charge in [-0.05, 0) is 88.4 Å². The summed E-state index contributed by atoms with van der Waals surface area (Å²) in [5, 5.41) is -1.67. The molecule has 0 saturated heterocycles. The summed E-state index contributed by atoms with van der Waals surface area (Å²) in [6, 6.07) is 13.5. The number of fused-ring (bicyclic) bond motifs is 1. The molecule has 6 rings (SSSR count). The summed E-state index contributed by atoms with van der Waals surface area (Å²) in [6.45, 7) is 7.25. The lowest BCUT2D eigenvalue weighted by atomic mass is 9.81. The van der Waals surface area contributed by atoms with E-state index >= 15 is 22.0 Å². The minimum absolute atomic E-state index is 0.0237. The van der Waals surface area contributed by atoms with Gasteiger partial charge in [-0.2, -0.15) is 8.78 Å². The highest BCUT2D eigenvalue weighted by atomic mass is 19.3. The van der Waals surface area contributed by atoms with Crippen molar-refractivity contribution in [3.05, 3.63) is 159 Å². The van der Waals surface area contributed by atoms with Crippen molar-refractivity contribution in [2.24, 2.45) is 0 Å². The molecular weight excluding hydrogens is 765 g/mol. The molecule has 0 aliphatic rings. The predicted molar refractivity (Wildman–Crippen MR) is 195 cm³/mol. The first-order valence-electron chi connectivity index (χ1n) is 17.6. The molecule has 294 valence electrons. The average Bonchev–Trinajstić information content (AvgIpc) is 3.11. The number of rotatable bonds is 8. The van der Waals surface area contributed by atoms with Crippen LogP contribution in [0, 0.1) is 64.2 Å². The molecule has 6 aromatic rings. The Hall–Kier alpha value is -5.83. The predicted octanol–water partition coefficient (Wildman–Crippen LogP) is 13.6. The normalized spacial score (nSPS) is 11.8. The molecule has 0 bridgehead atoms. The van der Waals surface area contributed by atoms with Crippen LogP contribution in [0.4, 0.5) is 48.3 Å². The fourth-order valence-corrected chi connectivity index (χ4v) is 6.40. The third-order valence-electron chi connectivity index (χ3n) is 9.25. The standard InChI is InChI=1S/C45H31F11O/c1-5-6-7-23-8-11-29(33(46)15-23)25-10-13-30(34(47)18-25)26-17-32(44(2,3)4)31(35(48)19-26)12-9-24-14-27-20-37(50)41(43(54)40(27)36(49)16-24)45(55,56)57-28-21-38(51)42(53)39(52)22-28/h8,10-11,13-22H,5-7H2,1-4H3. The Morgan fingerprint density at radius 2 is 1.21 bits per heavy atom. The van der Waals surface area contributed by atoms with E-state index in [-0.39, 0.29) is 45.5 Å². The maximum absolute atomic E-state index is 15.9. The zero-order chi connectivity index (χ0) is 41.6. The summed E-state index contributed by atoms with van der Waals surface area (Å²) in [5.74, 6) is -9.62. The van der Waals surface area contributed by atoms with Crippen LogP contribution >= 0.6 is 0 Å². The van der Waals surface area contributed by atoms with Gasteiger partial charge >= 0.3 is 6.11 Å². The smallest absolute Gasteiger partial charge is 0.429 e. The second-order valence-corrected chi connectivity index (χ2v) is 14.4. The summed E-state index contributed by atoms with van der Waals surface area (Å²) in [6.07, 6.45) is -2.40. The lowest BCUT2D eigenvalue weighted by Gasteiger charge is -2.23. The van der Waals surface area contributed by atoms with Crippen LogP contribution in [0.1, 0.15) is 68.4 Å². The van der Waals surface area contributed by atoms with Gasteiger partial charge in [0.05, 0.1) is 10.9 Å². The molecule has 0 aliphatic heterocycles. The van der Waals surface area contributed by atoms with Crippen LogP contribution in [-0.4, -0.2) is 0 Å². The molecule has 12 heteroatoms. The molecule has 0 amide bonds. The van der Waals surface area contributed by atoms with Crippen LogP contribution in [0.3, 0.4) is 0 Å². The summed E-state index contributed by atoms with van der Waals surface area (Å²) in [5.41, 5.74) is -1.48. The van der Waals surface area contributed by atoms with E-state index in [1.807, 2.05) is 6.92 Å². The number of halogens is 11. The minimum atomic E-state index is -4.96. The number of hydrogen-bond acceptors (Lipinski definition) is 1. The summed E-state index contributed by atoms with van der Waals surface area (Å²) < 4.78 is 167. The second-order valence-electron chi connectivity index (χ2n) is 14.4. The monoisotopic (exact) mass is 796 g/mol. The first-order valence-corrected chi connectivity index (χ1v) is 17.6. The van der Waals surface area contributed by atoms with Gasteiger partial charge in [-0.1, -0.05) is 70.2 Å². The maximum atomic E-state index is 15.9. The molecule has 0 heterocycles. The third-order valence-corrected chi connectivity index (χ3v) is 9.25. The molecule has 0 radical (unpaired) electrons. The zero-order valence-electron chi connectivity index (χ0n) is 30.7. The van der Waals surface area contributed by atoms with E-state index in [2.05, 4.69) is 16.6 Å². The molecule has 6 aromatic carbocycles. The molecule has 0 atom stereocenters. The fraction of sp³-hybridized carbons (Fsp3) is 0.200. The highest BCUT2D eigenvalue weighted by molar-refractivity contribution is 5.86. The van der Waals surface area contributed by atoms with Crippen molar-refractivity contribution in [3.8, 4) is 39.8 Å². The van der Waals surface area contributed by atoms with Crippen molar-refractivity contribution in [1.82, 2.24) is 0 Å². The van der Waals surface area contributed by atoms with Crippen LogP contribution < -0.4 is 4.74 Å². The maximum Gasteiger partial charge on any atom is 0.432 e. The molecule has 0 aromatic heterocycles. The number of aryl methyl sites for hydroxylation is 1. The highest BCUT2D eigenvalue weighted by Gasteiger charge is 2.42. The zero-order valence-corrected chi connectivity index (χ0v) is 30.7. The molecule has 0 fully saturated rings. The molecule has 1 nitrogen and oxygen atoms in total. The van der Waals surface area contributed by atoms with Gasteiger partial charge in [0.25, 0.3) is 0 Å². The van der Waals surface area contributed by atoms with E-state index in [9.17, 15) is 26.3 Å². The Labute approximate surface area is 320 Å². The lowest BCUT2D eigenvalue weighted by molar-refractivity contribution is -0.189. The van der Waals surface area contributed by atoms with Crippen molar-refractivity contribution in [3.63, 3.8) is 0 Å². The molecule has 57 heavy (non-hydrogen) atoms. The number of alkyl halides is 2. The van der Waals surface area contributed by atoms with E-state index in [1.165, 1.54) is 24.3 Å². The Bertz CT molecular complexity index is 2590. The third kappa shape index (κ3) is 8.34. The van der Waals surface area contributed by atoms with E-state index < -0.39 is 86.0 Å². The number of unbranched alkanes of at least 4 members (excludes halogenated alkanes) is 1. The molecule has 0 spiro atoms. The van der Waals surface area contributed by atoms with Crippen LogP contribution in [0.15, 0.2) is 78.9 Å². The first-order chi connectivity index (χ1) is 26.8. The van der Waals surface area contributed by atoms with Crippen molar-refractivity contribution in [1.29, 1.82) is 0 Å². The molecule has 0 saturated carbocycles. The Balaban J connectivity index is 1.34. The topological polar surface area (TPSA) is 9.23 Å². The van der Waals surface area contributed by atoms with Gasteiger partial charge in [0.15, 0.2) is 17.5 Å². The van der Waals surface area contributed by atoms with E-state index in [4.69, 9.17) is 0 Å². The molecule has 0 N–H and O–H groups in total. The summed E-state index contributed by atoms with van der Waals surface area (Å²) in [4.78, 5) is 0. The summed E-state index contributed by atoms with van der Waals surface area (Å²) in [7, 11) is 0. The van der Waals surface area contributed by atoms with Gasteiger partial charge in [0.2, 0.25) is 0 Å². The quantitative estimate of drug-likeness (QED) is 0.0847. The second kappa shape index (κ2) is 15.6. The van der Waals surface area contributed by atoms with Crippen LogP contribution in [0.5, 0.6) is 5.75 Å². The Kier molecular flexibility index (Phi) is 11.2. The van der Waals surface area contributed by atoms with E-state index in [0.717, 1.165) is 36.6 Å². The lowest BCUT2D eigenvalue weighted by Crippen LogP contribution is -2.25. The van der Waals surface area contributed by atoms with E-state index in [0.29, 0.717) is 24.1 Å². The van der Waals surface area contributed by atoms with Gasteiger partial charge in [-0.3, -0.25) is 0 Å². The number of benzene rings is 6. The SMILES string of the molecule is CCCCc1ccc(-c2ccc(-c3cc(F)c(C#Cc4cc(F)c5c(F)c(C(F)(F)Oc6cc(F)c(F)c(F)c6)c(F)cc5c4)c(C(C)(C)C)c3)c(F)c2)c(F)c1. The van der Waals surface area contributed by atoms with Gasteiger partial charge in [0, 0.05) is 28.8 Å². The minimum Gasteiger partial charge on any atom is -0.429 e. The average molecular weight is 797 g/mol. The fourth-order valence-electron chi connectivity index (χ4n) is 6.40. The van der Waals surface area contributed by atoms with E-state index in [1.54, 1.807) is 32.9 Å². The number of ether oxygens (including phenoxy) is 1. The van der Waals surface area contributed by atoms with Crippen molar-refractivity contribution in [2.45, 2.75) is 58.5 Å². The van der Waals surface area contributed by atoms with Gasteiger partial charge in [-0.15, -0.1) is 0 Å². The first kappa shape index (κ1) is 40.8. The summed E-state index contributed by atoms with van der Waals surface area (Å²) >= 11 is 0. The number of hydrogen-bond donors (Lipinski definition) is 0. The van der Waals surface area contributed by atoms with Crippen molar-refractivity contribution in [2.75, 3.05) is 0 Å². The van der Waals surface area contributed by atoms with Gasteiger partial charge in [-0.25, -0.2) is 39.5 Å². The molecular formula is C45H31F11O. The van der Waals surface area contributed by atoms with Gasteiger partial charge in [0.1, 0.15) is 46.2 Å². The Morgan fingerprint density at radius 3 is 1.84 bits per heavy atom. The molecule has 0 unspecified atom stereocenters. The molecule has 0 aliphatic carbocycles. The largest absolute Gasteiger partial charge is 0.432 e.